The van der Waals surface area contributed by atoms with Crippen LogP contribution in [0.25, 0.3) is 0 Å². The summed E-state index contributed by atoms with van der Waals surface area (Å²) in [4.78, 5) is 0. The Hall–Kier alpha value is -0.760. The molecule has 12 heavy (non-hydrogen) atoms. The third-order valence-corrected chi connectivity index (χ3v) is 2.56. The maximum Gasteiger partial charge on any atom is 0.0934 e. The predicted molar refractivity (Wildman–Crippen MR) is 48.0 cm³/mol. The summed E-state index contributed by atoms with van der Waals surface area (Å²) in [5.41, 5.74) is 1.35. The Labute approximate surface area is 73.0 Å². The van der Waals surface area contributed by atoms with E-state index in [0.717, 1.165) is 5.92 Å². The van der Waals surface area contributed by atoms with E-state index in [9.17, 15) is 0 Å². The zero-order chi connectivity index (χ0) is 8.23. The lowest BCUT2D eigenvalue weighted by Gasteiger charge is -2.21. The van der Waals surface area contributed by atoms with Gasteiger partial charge in [0, 0.05) is 0 Å². The van der Waals surface area contributed by atoms with Gasteiger partial charge in [0.05, 0.1) is 12.5 Å². The molecule has 0 unspecified atom stereocenters. The molecule has 66 valence electrons. The van der Waals surface area contributed by atoms with Crippen LogP contribution in [0.15, 0.2) is 23.0 Å². The summed E-state index contributed by atoms with van der Waals surface area (Å²) in [6.07, 6.45) is 7.44. The topological polar surface area (TPSA) is 25.2 Å². The number of rotatable bonds is 2. The van der Waals surface area contributed by atoms with E-state index in [1.807, 2.05) is 6.26 Å². The van der Waals surface area contributed by atoms with Crippen LogP contribution in [0.3, 0.4) is 0 Å². The van der Waals surface area contributed by atoms with Gasteiger partial charge < -0.3 is 9.73 Å². The maximum absolute atomic E-state index is 5.04. The summed E-state index contributed by atoms with van der Waals surface area (Å²) >= 11 is 0. The van der Waals surface area contributed by atoms with Gasteiger partial charge in [-0.25, -0.2) is 0 Å². The molecule has 2 heteroatoms. The number of piperidine rings is 1. The van der Waals surface area contributed by atoms with Crippen LogP contribution in [0.4, 0.5) is 0 Å². The van der Waals surface area contributed by atoms with Crippen molar-refractivity contribution in [2.45, 2.75) is 19.3 Å². The average Bonchev–Trinajstić information content (AvgIpc) is 2.59. The number of hydrogen-bond donors (Lipinski definition) is 1. The second kappa shape index (κ2) is 3.76. The zero-order valence-electron chi connectivity index (χ0n) is 7.25. The van der Waals surface area contributed by atoms with Gasteiger partial charge in [-0.2, -0.15) is 0 Å². The lowest BCUT2D eigenvalue weighted by atomic mass is 9.92. The maximum atomic E-state index is 5.04. The monoisotopic (exact) mass is 165 g/mol. The predicted octanol–water partition coefficient (Wildman–Crippen LogP) is 1.82. The van der Waals surface area contributed by atoms with Crippen LogP contribution < -0.4 is 5.32 Å². The Kier molecular flexibility index (Phi) is 2.47. The van der Waals surface area contributed by atoms with E-state index < -0.39 is 0 Å². The van der Waals surface area contributed by atoms with Crippen LogP contribution in [-0.2, 0) is 6.42 Å². The molecule has 0 amide bonds. The molecule has 0 aliphatic carbocycles. The Morgan fingerprint density at radius 3 is 2.92 bits per heavy atom. The first-order chi connectivity index (χ1) is 5.95. The van der Waals surface area contributed by atoms with Crippen molar-refractivity contribution in [2.75, 3.05) is 13.1 Å². The molecular formula is C10H15NO. The standard InChI is InChI=1S/C10H15NO/c1-4-11-5-2-9(1)7-10-3-6-12-8-10/h3,6,8-9,11H,1-2,4-5,7H2. The van der Waals surface area contributed by atoms with E-state index >= 15 is 0 Å². The molecular weight excluding hydrogens is 150 g/mol. The van der Waals surface area contributed by atoms with Gasteiger partial charge in [0.1, 0.15) is 0 Å². The third kappa shape index (κ3) is 1.89. The van der Waals surface area contributed by atoms with Crippen molar-refractivity contribution in [3.05, 3.63) is 24.2 Å². The van der Waals surface area contributed by atoms with Crippen molar-refractivity contribution >= 4 is 0 Å². The first-order valence-electron chi connectivity index (χ1n) is 4.67. The fourth-order valence-electron chi connectivity index (χ4n) is 1.83. The van der Waals surface area contributed by atoms with Crippen LogP contribution in [0.1, 0.15) is 18.4 Å². The third-order valence-electron chi connectivity index (χ3n) is 2.56. The normalized spacial score (nSPS) is 19.7. The number of hydrogen-bond acceptors (Lipinski definition) is 2. The molecule has 1 aliphatic rings. The average molecular weight is 165 g/mol. The summed E-state index contributed by atoms with van der Waals surface area (Å²) < 4.78 is 5.04. The molecule has 1 N–H and O–H groups in total. The lowest BCUT2D eigenvalue weighted by Crippen LogP contribution is -2.28. The molecule has 2 rings (SSSR count). The van der Waals surface area contributed by atoms with Crippen LogP contribution >= 0.6 is 0 Å². The summed E-state index contributed by atoms with van der Waals surface area (Å²) in [5.74, 6) is 0.865. The van der Waals surface area contributed by atoms with E-state index in [1.54, 1.807) is 6.26 Å². The summed E-state index contributed by atoms with van der Waals surface area (Å²) in [5, 5.41) is 3.37. The van der Waals surface area contributed by atoms with Gasteiger partial charge in [0.15, 0.2) is 0 Å². The lowest BCUT2D eigenvalue weighted by molar-refractivity contribution is 0.371. The Morgan fingerprint density at radius 2 is 2.25 bits per heavy atom. The van der Waals surface area contributed by atoms with Gasteiger partial charge in [-0.3, -0.25) is 0 Å². The molecule has 1 fully saturated rings. The summed E-state index contributed by atoms with van der Waals surface area (Å²) in [6, 6.07) is 2.07. The summed E-state index contributed by atoms with van der Waals surface area (Å²) in [6.45, 7) is 2.37. The smallest absolute Gasteiger partial charge is 0.0934 e. The van der Waals surface area contributed by atoms with E-state index in [-0.39, 0.29) is 0 Å². The molecule has 2 nitrogen and oxygen atoms in total. The van der Waals surface area contributed by atoms with Crippen LogP contribution in [0.5, 0.6) is 0 Å². The highest BCUT2D eigenvalue weighted by Crippen LogP contribution is 2.17. The zero-order valence-corrected chi connectivity index (χ0v) is 7.25. The molecule has 0 saturated carbocycles. The van der Waals surface area contributed by atoms with Crippen molar-refractivity contribution in [1.29, 1.82) is 0 Å². The first kappa shape index (κ1) is 7.87. The summed E-state index contributed by atoms with van der Waals surface area (Å²) in [7, 11) is 0. The van der Waals surface area contributed by atoms with Crippen molar-refractivity contribution in [2.24, 2.45) is 5.92 Å². The Balaban J connectivity index is 1.86. The molecule has 0 atom stereocenters. The highest BCUT2D eigenvalue weighted by atomic mass is 16.3. The van der Waals surface area contributed by atoms with Gasteiger partial charge in [0.2, 0.25) is 0 Å². The number of furan rings is 1. The van der Waals surface area contributed by atoms with E-state index in [2.05, 4.69) is 11.4 Å². The Bertz CT molecular complexity index is 212. The molecule has 0 spiro atoms. The quantitative estimate of drug-likeness (QED) is 0.723. The van der Waals surface area contributed by atoms with Crippen LogP contribution in [0.2, 0.25) is 0 Å². The van der Waals surface area contributed by atoms with Crippen molar-refractivity contribution in [3.63, 3.8) is 0 Å². The van der Waals surface area contributed by atoms with Crippen molar-refractivity contribution < 1.29 is 4.42 Å². The van der Waals surface area contributed by atoms with Crippen LogP contribution in [0, 0.1) is 5.92 Å². The Morgan fingerprint density at radius 1 is 1.42 bits per heavy atom. The fourth-order valence-corrected chi connectivity index (χ4v) is 1.83. The minimum atomic E-state index is 0.865. The number of nitrogens with one attached hydrogen (secondary N) is 1. The minimum absolute atomic E-state index is 0.865. The second-order valence-electron chi connectivity index (χ2n) is 3.53. The van der Waals surface area contributed by atoms with Crippen molar-refractivity contribution in [1.82, 2.24) is 5.32 Å². The van der Waals surface area contributed by atoms with E-state index in [1.165, 1.54) is 37.9 Å². The van der Waals surface area contributed by atoms with Crippen molar-refractivity contribution in [3.8, 4) is 0 Å². The molecule has 1 aliphatic heterocycles. The second-order valence-corrected chi connectivity index (χ2v) is 3.53. The van der Waals surface area contributed by atoms with Gasteiger partial charge in [-0.1, -0.05) is 0 Å². The molecule has 1 aromatic rings. The van der Waals surface area contributed by atoms with Gasteiger partial charge in [-0.05, 0) is 49.9 Å². The SMILES string of the molecule is c1cc(CC2CCNCC2)co1. The fraction of sp³-hybridized carbons (Fsp3) is 0.600. The molecule has 2 heterocycles. The van der Waals surface area contributed by atoms with E-state index in [4.69, 9.17) is 4.42 Å². The molecule has 0 bridgehead atoms. The highest BCUT2D eigenvalue weighted by molar-refractivity contribution is 5.06. The van der Waals surface area contributed by atoms with Gasteiger partial charge in [0.25, 0.3) is 0 Å². The minimum Gasteiger partial charge on any atom is -0.472 e. The van der Waals surface area contributed by atoms with Crippen LogP contribution in [-0.4, -0.2) is 13.1 Å². The largest absolute Gasteiger partial charge is 0.472 e. The van der Waals surface area contributed by atoms with Gasteiger partial charge in [-0.15, -0.1) is 0 Å². The molecule has 1 saturated heterocycles. The molecule has 0 radical (unpaired) electrons. The van der Waals surface area contributed by atoms with Gasteiger partial charge >= 0.3 is 0 Å². The highest BCUT2D eigenvalue weighted by Gasteiger charge is 2.13. The van der Waals surface area contributed by atoms with E-state index in [0.29, 0.717) is 0 Å². The first-order valence-corrected chi connectivity index (χ1v) is 4.67. The molecule has 0 aromatic carbocycles. The molecule has 1 aromatic heterocycles.